The number of nitrogens with zero attached hydrogens (tertiary/aromatic N) is 1. The van der Waals surface area contributed by atoms with Crippen molar-refractivity contribution in [2.24, 2.45) is 0 Å². The highest BCUT2D eigenvalue weighted by atomic mass is 32.2. The number of hydrogen-bond acceptors (Lipinski definition) is 3. The first-order valence-electron chi connectivity index (χ1n) is 6.73. The Morgan fingerprint density at radius 1 is 1.24 bits per heavy atom. The second kappa shape index (κ2) is 5.42. The van der Waals surface area contributed by atoms with Crippen molar-refractivity contribution >= 4 is 27.9 Å². The third kappa shape index (κ3) is 2.75. The standard InChI is InChI=1S/C16H17N3OS/c1-10-7-11(2)15(17)12(8-10)9-21(20)16-18-13-5-3-4-6-14(13)19-16/h3-8H,9,17H2,1-2H3,(H,18,19). The molecule has 1 atom stereocenters. The Morgan fingerprint density at radius 2 is 2.00 bits per heavy atom. The second-order valence-corrected chi connectivity index (χ2v) is 6.57. The highest BCUT2D eigenvalue weighted by molar-refractivity contribution is 7.90. The Morgan fingerprint density at radius 3 is 2.76 bits per heavy atom. The molecule has 0 bridgehead atoms. The molecular weight excluding hydrogens is 282 g/mol. The molecule has 5 heteroatoms. The Labute approximate surface area is 126 Å². The fraction of sp³-hybridized carbons (Fsp3) is 0.188. The van der Waals surface area contributed by atoms with E-state index in [0.29, 0.717) is 16.6 Å². The molecule has 2 aromatic carbocycles. The summed E-state index contributed by atoms with van der Waals surface area (Å²) in [7, 11) is 0. The minimum absolute atomic E-state index is 0.369. The first kappa shape index (κ1) is 14.0. The molecule has 3 N–H and O–H groups in total. The molecule has 0 aliphatic carbocycles. The zero-order chi connectivity index (χ0) is 15.0. The van der Waals surface area contributed by atoms with Crippen LogP contribution in [0.3, 0.4) is 0 Å². The maximum absolute atomic E-state index is 12.5. The van der Waals surface area contributed by atoms with Gasteiger partial charge in [0, 0.05) is 22.4 Å². The average Bonchev–Trinajstić information content (AvgIpc) is 2.88. The van der Waals surface area contributed by atoms with Crippen LogP contribution in [0.4, 0.5) is 5.69 Å². The Bertz CT molecular complexity index is 764. The van der Waals surface area contributed by atoms with Gasteiger partial charge in [0.2, 0.25) is 0 Å². The SMILES string of the molecule is Cc1cc(C)c(N)c(C[S+]([O-])c2nc3ccccc3[nH]2)c1. The molecule has 0 radical (unpaired) electrons. The predicted octanol–water partition coefficient (Wildman–Crippen LogP) is 3.07. The fourth-order valence-corrected chi connectivity index (χ4v) is 3.51. The van der Waals surface area contributed by atoms with E-state index in [1.807, 2.05) is 50.2 Å². The van der Waals surface area contributed by atoms with Gasteiger partial charge in [0.1, 0.15) is 5.75 Å². The number of nitrogen functional groups attached to an aromatic ring is 1. The minimum atomic E-state index is -1.24. The van der Waals surface area contributed by atoms with Crippen LogP contribution in [-0.4, -0.2) is 14.5 Å². The molecule has 108 valence electrons. The maximum Gasteiger partial charge on any atom is 0.321 e. The molecular formula is C16H17N3OS. The number of nitrogens with two attached hydrogens (primary N) is 1. The summed E-state index contributed by atoms with van der Waals surface area (Å²) in [6.45, 7) is 3.98. The number of imidazole rings is 1. The van der Waals surface area contributed by atoms with Gasteiger partial charge < -0.3 is 10.3 Å². The Balaban J connectivity index is 1.91. The van der Waals surface area contributed by atoms with Crippen LogP contribution < -0.4 is 5.73 Å². The van der Waals surface area contributed by atoms with E-state index >= 15 is 0 Å². The topological polar surface area (TPSA) is 77.8 Å². The number of H-pyrrole nitrogens is 1. The zero-order valence-corrected chi connectivity index (χ0v) is 12.8. The molecule has 1 heterocycles. The monoisotopic (exact) mass is 299 g/mol. The molecule has 4 nitrogen and oxygen atoms in total. The number of hydrogen-bond donors (Lipinski definition) is 2. The fourth-order valence-electron chi connectivity index (χ4n) is 2.43. The van der Waals surface area contributed by atoms with Crippen LogP contribution in [0.15, 0.2) is 41.6 Å². The summed E-state index contributed by atoms with van der Waals surface area (Å²) in [5.41, 5.74) is 11.6. The van der Waals surface area contributed by atoms with Crippen molar-refractivity contribution in [3.05, 3.63) is 53.1 Å². The zero-order valence-electron chi connectivity index (χ0n) is 12.0. The van der Waals surface area contributed by atoms with E-state index in [2.05, 4.69) is 9.97 Å². The summed E-state index contributed by atoms with van der Waals surface area (Å²) in [4.78, 5) is 7.50. The van der Waals surface area contributed by atoms with E-state index in [1.165, 1.54) is 0 Å². The summed E-state index contributed by atoms with van der Waals surface area (Å²) in [6, 6.07) is 11.7. The molecule has 1 unspecified atom stereocenters. The molecule has 0 amide bonds. The lowest BCUT2D eigenvalue weighted by Gasteiger charge is -2.12. The van der Waals surface area contributed by atoms with E-state index in [1.54, 1.807) is 0 Å². The molecule has 21 heavy (non-hydrogen) atoms. The predicted molar refractivity (Wildman–Crippen MR) is 86.5 cm³/mol. The van der Waals surface area contributed by atoms with Crippen LogP contribution in [0.5, 0.6) is 0 Å². The van der Waals surface area contributed by atoms with Gasteiger partial charge in [-0.15, -0.1) is 0 Å². The lowest BCUT2D eigenvalue weighted by molar-refractivity contribution is 0.587. The molecule has 0 aliphatic rings. The molecule has 0 saturated heterocycles. The van der Waals surface area contributed by atoms with Crippen molar-refractivity contribution in [1.29, 1.82) is 0 Å². The summed E-state index contributed by atoms with van der Waals surface area (Å²) in [5.74, 6) is 0.369. The van der Waals surface area contributed by atoms with E-state index in [9.17, 15) is 4.55 Å². The number of anilines is 1. The van der Waals surface area contributed by atoms with Gasteiger partial charge >= 0.3 is 5.16 Å². The number of para-hydroxylation sites is 2. The second-order valence-electron chi connectivity index (χ2n) is 5.20. The lowest BCUT2D eigenvalue weighted by atomic mass is 10.1. The molecule has 3 aromatic rings. The van der Waals surface area contributed by atoms with Crippen LogP contribution in [0.1, 0.15) is 16.7 Å². The summed E-state index contributed by atoms with van der Waals surface area (Å²) in [6.07, 6.45) is 0. The number of fused-ring (bicyclic) bond motifs is 1. The smallest absolute Gasteiger partial charge is 0.321 e. The third-order valence-electron chi connectivity index (χ3n) is 3.49. The molecule has 0 saturated carbocycles. The Hall–Kier alpha value is -1.98. The van der Waals surface area contributed by atoms with Gasteiger partial charge in [-0.2, -0.15) is 4.98 Å². The van der Waals surface area contributed by atoms with Crippen molar-refractivity contribution in [3.8, 4) is 0 Å². The van der Waals surface area contributed by atoms with Gasteiger partial charge in [-0.25, -0.2) is 0 Å². The molecule has 1 aromatic heterocycles. The normalized spacial score (nSPS) is 12.7. The molecule has 0 aliphatic heterocycles. The number of rotatable bonds is 3. The summed E-state index contributed by atoms with van der Waals surface area (Å²) >= 11 is -1.24. The number of aryl methyl sites for hydroxylation is 2. The van der Waals surface area contributed by atoms with Crippen LogP contribution in [0.2, 0.25) is 0 Å². The van der Waals surface area contributed by atoms with Crippen molar-refractivity contribution in [3.63, 3.8) is 0 Å². The van der Waals surface area contributed by atoms with Crippen molar-refractivity contribution in [1.82, 2.24) is 9.97 Å². The number of nitrogens with one attached hydrogen (secondary N) is 1. The van der Waals surface area contributed by atoms with Crippen molar-refractivity contribution in [2.45, 2.75) is 24.8 Å². The first-order chi connectivity index (χ1) is 10.0. The van der Waals surface area contributed by atoms with Gasteiger partial charge in [0.25, 0.3) is 0 Å². The van der Waals surface area contributed by atoms with E-state index in [4.69, 9.17) is 5.73 Å². The van der Waals surface area contributed by atoms with Crippen molar-refractivity contribution in [2.75, 3.05) is 5.73 Å². The summed E-state index contributed by atoms with van der Waals surface area (Å²) < 4.78 is 12.5. The van der Waals surface area contributed by atoms with Crippen LogP contribution in [0, 0.1) is 13.8 Å². The van der Waals surface area contributed by atoms with Gasteiger partial charge in [-0.3, -0.25) is 4.98 Å². The molecule has 0 spiro atoms. The van der Waals surface area contributed by atoms with E-state index < -0.39 is 11.2 Å². The highest BCUT2D eigenvalue weighted by Gasteiger charge is 2.19. The first-order valence-corrected chi connectivity index (χ1v) is 8.05. The third-order valence-corrected chi connectivity index (χ3v) is 4.68. The quantitative estimate of drug-likeness (QED) is 0.576. The average molecular weight is 299 g/mol. The number of aromatic nitrogens is 2. The van der Waals surface area contributed by atoms with Gasteiger partial charge in [0.05, 0.1) is 11.0 Å². The van der Waals surface area contributed by atoms with Crippen LogP contribution in [0.25, 0.3) is 11.0 Å². The van der Waals surface area contributed by atoms with Crippen molar-refractivity contribution < 1.29 is 4.55 Å². The number of benzene rings is 2. The van der Waals surface area contributed by atoms with Crippen LogP contribution in [-0.2, 0) is 16.9 Å². The number of aromatic amines is 1. The van der Waals surface area contributed by atoms with Gasteiger partial charge in [-0.05, 0) is 37.6 Å². The minimum Gasteiger partial charge on any atom is -0.609 e. The van der Waals surface area contributed by atoms with E-state index in [0.717, 1.165) is 27.7 Å². The highest BCUT2D eigenvalue weighted by Crippen LogP contribution is 2.24. The molecule has 0 fully saturated rings. The van der Waals surface area contributed by atoms with Gasteiger partial charge in [0.15, 0.2) is 0 Å². The van der Waals surface area contributed by atoms with Crippen LogP contribution >= 0.6 is 0 Å². The molecule has 3 rings (SSSR count). The maximum atomic E-state index is 12.5. The summed E-state index contributed by atoms with van der Waals surface area (Å²) in [5, 5.41) is 0.495. The largest absolute Gasteiger partial charge is 0.609 e. The lowest BCUT2D eigenvalue weighted by Crippen LogP contribution is -2.09. The van der Waals surface area contributed by atoms with E-state index in [-0.39, 0.29) is 0 Å². The van der Waals surface area contributed by atoms with Gasteiger partial charge in [-0.1, -0.05) is 23.8 Å². The Kier molecular flexibility index (Phi) is 3.61.